The first-order valence-electron chi connectivity index (χ1n) is 8.66. The number of hydrogen-bond donors (Lipinski definition) is 3. The quantitative estimate of drug-likeness (QED) is 0.246. The average molecular weight is 456 g/mol. The van der Waals surface area contributed by atoms with Gasteiger partial charge in [-0.05, 0) is 37.3 Å². The van der Waals surface area contributed by atoms with E-state index in [0.717, 1.165) is 48.3 Å². The van der Waals surface area contributed by atoms with E-state index in [9.17, 15) is 0 Å². The number of aromatic nitrogens is 3. The second-order valence-electron chi connectivity index (χ2n) is 6.19. The van der Waals surface area contributed by atoms with Crippen molar-refractivity contribution in [3.8, 4) is 11.4 Å². The number of rotatable bonds is 8. The lowest BCUT2D eigenvalue weighted by Gasteiger charge is -2.12. The number of H-pyrrole nitrogens is 1. The standard InChI is InChI=1S/C18H28N6.HI/c1-4-19-18(20-10-6-7-14(2)3)21-12-15-8-5-9-16(11-15)17-22-13-23-24-17;/h5,8-9,11,13-14H,4,6-7,10,12H2,1-3H3,(H2,19,20,21)(H,22,23,24);1H. The van der Waals surface area contributed by atoms with Crippen LogP contribution in [0.15, 0.2) is 35.6 Å². The molecule has 2 rings (SSSR count). The molecule has 0 atom stereocenters. The second-order valence-corrected chi connectivity index (χ2v) is 6.19. The van der Waals surface area contributed by atoms with E-state index in [1.165, 1.54) is 12.7 Å². The lowest BCUT2D eigenvalue weighted by atomic mass is 10.1. The molecule has 0 bridgehead atoms. The number of halogens is 1. The molecule has 138 valence electrons. The molecule has 1 aromatic heterocycles. The Bertz CT molecular complexity index is 624. The molecule has 1 heterocycles. The molecule has 0 aliphatic heterocycles. The molecular weight excluding hydrogens is 427 g/mol. The highest BCUT2D eigenvalue weighted by atomic mass is 127. The van der Waals surface area contributed by atoms with Gasteiger partial charge in [0.15, 0.2) is 11.8 Å². The van der Waals surface area contributed by atoms with Crippen LogP contribution in [-0.4, -0.2) is 34.2 Å². The minimum atomic E-state index is 0. The van der Waals surface area contributed by atoms with Gasteiger partial charge in [0.05, 0.1) is 6.54 Å². The molecule has 1 aromatic carbocycles. The van der Waals surface area contributed by atoms with Crippen LogP contribution in [0.4, 0.5) is 0 Å². The highest BCUT2D eigenvalue weighted by molar-refractivity contribution is 14.0. The van der Waals surface area contributed by atoms with Crippen LogP contribution in [0.1, 0.15) is 39.2 Å². The summed E-state index contributed by atoms with van der Waals surface area (Å²) in [6.45, 7) is 9.01. The molecule has 0 radical (unpaired) electrons. The number of aromatic amines is 1. The van der Waals surface area contributed by atoms with Gasteiger partial charge in [-0.2, -0.15) is 5.10 Å². The Morgan fingerprint density at radius 1 is 1.28 bits per heavy atom. The Kier molecular flexibility index (Phi) is 10.1. The van der Waals surface area contributed by atoms with E-state index in [1.54, 1.807) is 0 Å². The van der Waals surface area contributed by atoms with Crippen LogP contribution in [0.2, 0.25) is 0 Å². The summed E-state index contributed by atoms with van der Waals surface area (Å²) in [5.41, 5.74) is 2.17. The van der Waals surface area contributed by atoms with Crippen molar-refractivity contribution in [3.05, 3.63) is 36.2 Å². The van der Waals surface area contributed by atoms with Gasteiger partial charge >= 0.3 is 0 Å². The largest absolute Gasteiger partial charge is 0.357 e. The van der Waals surface area contributed by atoms with Gasteiger partial charge in [0.1, 0.15) is 6.33 Å². The van der Waals surface area contributed by atoms with Crippen molar-refractivity contribution >= 4 is 29.9 Å². The van der Waals surface area contributed by atoms with Crippen LogP contribution in [0.5, 0.6) is 0 Å². The fourth-order valence-corrected chi connectivity index (χ4v) is 2.39. The van der Waals surface area contributed by atoms with Crippen molar-refractivity contribution in [2.24, 2.45) is 10.9 Å². The molecule has 0 aliphatic carbocycles. The van der Waals surface area contributed by atoms with Crippen LogP contribution in [0.3, 0.4) is 0 Å². The third-order valence-electron chi connectivity index (χ3n) is 3.63. The Labute approximate surface area is 167 Å². The predicted molar refractivity (Wildman–Crippen MR) is 114 cm³/mol. The van der Waals surface area contributed by atoms with E-state index in [-0.39, 0.29) is 24.0 Å². The number of nitrogens with zero attached hydrogens (tertiary/aromatic N) is 3. The molecule has 0 amide bonds. The van der Waals surface area contributed by atoms with Crippen molar-refractivity contribution in [3.63, 3.8) is 0 Å². The number of hydrogen-bond acceptors (Lipinski definition) is 3. The lowest BCUT2D eigenvalue weighted by Crippen LogP contribution is -2.37. The first-order chi connectivity index (χ1) is 11.7. The Morgan fingerprint density at radius 3 is 2.80 bits per heavy atom. The third-order valence-corrected chi connectivity index (χ3v) is 3.63. The summed E-state index contributed by atoms with van der Waals surface area (Å²) in [5, 5.41) is 13.5. The Morgan fingerprint density at radius 2 is 2.12 bits per heavy atom. The molecule has 0 aliphatic rings. The van der Waals surface area contributed by atoms with Crippen LogP contribution in [-0.2, 0) is 6.54 Å². The number of aliphatic imine (C=N–C) groups is 1. The summed E-state index contributed by atoms with van der Waals surface area (Å²) in [4.78, 5) is 8.86. The molecule has 0 spiro atoms. The summed E-state index contributed by atoms with van der Waals surface area (Å²) in [6, 6.07) is 8.20. The number of nitrogens with one attached hydrogen (secondary N) is 3. The molecule has 3 N–H and O–H groups in total. The summed E-state index contributed by atoms with van der Waals surface area (Å²) < 4.78 is 0. The van der Waals surface area contributed by atoms with Crippen molar-refractivity contribution in [1.29, 1.82) is 0 Å². The van der Waals surface area contributed by atoms with E-state index in [0.29, 0.717) is 6.54 Å². The van der Waals surface area contributed by atoms with Crippen molar-refractivity contribution in [1.82, 2.24) is 25.8 Å². The minimum absolute atomic E-state index is 0. The number of benzene rings is 1. The summed E-state index contributed by atoms with van der Waals surface area (Å²) >= 11 is 0. The molecule has 0 fully saturated rings. The second kappa shape index (κ2) is 11.8. The maximum absolute atomic E-state index is 4.67. The molecule has 7 heteroatoms. The van der Waals surface area contributed by atoms with E-state index in [1.807, 2.05) is 12.1 Å². The van der Waals surface area contributed by atoms with Gasteiger partial charge in [-0.3, -0.25) is 5.10 Å². The smallest absolute Gasteiger partial charge is 0.191 e. The zero-order valence-corrected chi connectivity index (χ0v) is 17.6. The van der Waals surface area contributed by atoms with Gasteiger partial charge in [0, 0.05) is 18.7 Å². The zero-order valence-electron chi connectivity index (χ0n) is 15.2. The van der Waals surface area contributed by atoms with Crippen LogP contribution in [0.25, 0.3) is 11.4 Å². The molecule has 25 heavy (non-hydrogen) atoms. The SMILES string of the molecule is CCNC(=NCc1cccc(-c2ncn[nH]2)c1)NCCCC(C)C.I. The Balaban J connectivity index is 0.00000312. The highest BCUT2D eigenvalue weighted by Gasteiger charge is 2.02. The first-order valence-corrected chi connectivity index (χ1v) is 8.66. The fraction of sp³-hybridized carbons (Fsp3) is 0.500. The maximum Gasteiger partial charge on any atom is 0.191 e. The number of guanidine groups is 1. The molecule has 2 aromatic rings. The van der Waals surface area contributed by atoms with Gasteiger partial charge < -0.3 is 10.6 Å². The first kappa shape index (κ1) is 21.4. The third kappa shape index (κ3) is 7.85. The van der Waals surface area contributed by atoms with Crippen LogP contribution >= 0.6 is 24.0 Å². The van der Waals surface area contributed by atoms with Crippen molar-refractivity contribution in [2.75, 3.05) is 13.1 Å². The normalized spacial score (nSPS) is 11.3. The summed E-state index contributed by atoms with van der Waals surface area (Å²) in [6.07, 6.45) is 3.90. The van der Waals surface area contributed by atoms with Crippen molar-refractivity contribution in [2.45, 2.75) is 40.2 Å². The predicted octanol–water partition coefficient (Wildman–Crippen LogP) is 3.58. The lowest BCUT2D eigenvalue weighted by molar-refractivity contribution is 0.549. The van der Waals surface area contributed by atoms with Crippen molar-refractivity contribution < 1.29 is 0 Å². The van der Waals surface area contributed by atoms with Crippen LogP contribution in [0, 0.1) is 5.92 Å². The van der Waals surface area contributed by atoms with Gasteiger partial charge in [0.2, 0.25) is 0 Å². The molecule has 0 unspecified atom stereocenters. The molecule has 0 saturated carbocycles. The summed E-state index contributed by atoms with van der Waals surface area (Å²) in [5.74, 6) is 2.39. The van der Waals surface area contributed by atoms with Crippen LogP contribution < -0.4 is 10.6 Å². The zero-order chi connectivity index (χ0) is 17.2. The molecular formula is C18H29IN6. The molecule has 6 nitrogen and oxygen atoms in total. The van der Waals surface area contributed by atoms with Gasteiger partial charge in [-0.25, -0.2) is 9.98 Å². The van der Waals surface area contributed by atoms with E-state index >= 15 is 0 Å². The minimum Gasteiger partial charge on any atom is -0.357 e. The Hall–Kier alpha value is -1.64. The molecule has 0 saturated heterocycles. The van der Waals surface area contributed by atoms with Gasteiger partial charge in [-0.15, -0.1) is 24.0 Å². The van der Waals surface area contributed by atoms with Gasteiger partial charge in [0.25, 0.3) is 0 Å². The summed E-state index contributed by atoms with van der Waals surface area (Å²) in [7, 11) is 0. The fourth-order valence-electron chi connectivity index (χ4n) is 2.39. The topological polar surface area (TPSA) is 78.0 Å². The van der Waals surface area contributed by atoms with Gasteiger partial charge in [-0.1, -0.05) is 32.0 Å². The monoisotopic (exact) mass is 456 g/mol. The van der Waals surface area contributed by atoms with E-state index in [4.69, 9.17) is 0 Å². The van der Waals surface area contributed by atoms with E-state index < -0.39 is 0 Å². The van der Waals surface area contributed by atoms with E-state index in [2.05, 4.69) is 63.7 Å². The average Bonchev–Trinajstić information content (AvgIpc) is 3.11. The highest BCUT2D eigenvalue weighted by Crippen LogP contribution is 2.15. The maximum atomic E-state index is 4.67.